The summed E-state index contributed by atoms with van der Waals surface area (Å²) < 4.78 is 0. The molecule has 1 heterocycles. The van der Waals surface area contributed by atoms with Crippen molar-refractivity contribution in [2.75, 3.05) is 24.7 Å². The van der Waals surface area contributed by atoms with Crippen LogP contribution in [0.2, 0.25) is 0 Å². The Morgan fingerprint density at radius 1 is 1.27 bits per heavy atom. The van der Waals surface area contributed by atoms with E-state index in [0.29, 0.717) is 5.92 Å². The van der Waals surface area contributed by atoms with Gasteiger partial charge in [0.05, 0.1) is 17.9 Å². The van der Waals surface area contributed by atoms with Gasteiger partial charge in [-0.15, -0.1) is 0 Å². The highest BCUT2D eigenvalue weighted by molar-refractivity contribution is 5.54. The van der Waals surface area contributed by atoms with Gasteiger partial charge in [0, 0.05) is 30.9 Å². The highest BCUT2D eigenvalue weighted by Gasteiger charge is 2.35. The van der Waals surface area contributed by atoms with Crippen LogP contribution < -0.4 is 16.6 Å². The van der Waals surface area contributed by atoms with E-state index in [9.17, 15) is 10.2 Å². The molecule has 6 N–H and O–H groups in total. The van der Waals surface area contributed by atoms with Crippen molar-refractivity contribution < 1.29 is 10.2 Å². The zero-order valence-corrected chi connectivity index (χ0v) is 18.3. The number of piperidine rings is 1. The molecule has 6 nitrogen and oxygen atoms in total. The SMILES string of the molecule is C[C@@](O)(CO)C1CCCN(Cc2ccc(N(N)/C=C(\N)CC3CC3)cc2C2CC2)C1. The Labute approximate surface area is 180 Å². The molecule has 0 spiro atoms. The minimum absolute atomic E-state index is 0.110. The van der Waals surface area contributed by atoms with Crippen LogP contribution in [0.4, 0.5) is 5.69 Å². The monoisotopic (exact) mass is 414 g/mol. The van der Waals surface area contributed by atoms with Crippen LogP contribution >= 0.6 is 0 Å². The van der Waals surface area contributed by atoms with Crippen LogP contribution in [-0.2, 0) is 6.54 Å². The van der Waals surface area contributed by atoms with E-state index in [1.807, 2.05) is 6.20 Å². The van der Waals surface area contributed by atoms with Gasteiger partial charge in [-0.2, -0.15) is 0 Å². The minimum Gasteiger partial charge on any atom is -0.401 e. The van der Waals surface area contributed by atoms with Gasteiger partial charge >= 0.3 is 0 Å². The maximum Gasteiger partial charge on any atom is 0.0889 e. The molecule has 1 aromatic carbocycles. The lowest BCUT2D eigenvalue weighted by Gasteiger charge is -2.39. The van der Waals surface area contributed by atoms with Crippen molar-refractivity contribution in [3.8, 4) is 0 Å². The lowest BCUT2D eigenvalue weighted by atomic mass is 9.83. The fourth-order valence-corrected chi connectivity index (χ4v) is 4.70. The average Bonchev–Trinajstić information content (AvgIpc) is 3.63. The molecule has 2 atom stereocenters. The van der Waals surface area contributed by atoms with E-state index >= 15 is 0 Å². The van der Waals surface area contributed by atoms with Crippen LogP contribution in [0.5, 0.6) is 0 Å². The van der Waals surface area contributed by atoms with Crippen LogP contribution in [0.15, 0.2) is 30.1 Å². The van der Waals surface area contributed by atoms with Gasteiger partial charge in [-0.1, -0.05) is 6.07 Å². The third kappa shape index (κ3) is 5.35. The van der Waals surface area contributed by atoms with E-state index in [2.05, 4.69) is 23.1 Å². The van der Waals surface area contributed by atoms with E-state index in [-0.39, 0.29) is 12.5 Å². The first-order valence-corrected chi connectivity index (χ1v) is 11.5. The highest BCUT2D eigenvalue weighted by atomic mass is 16.3. The van der Waals surface area contributed by atoms with E-state index < -0.39 is 5.60 Å². The van der Waals surface area contributed by atoms with Gasteiger partial charge in [-0.05, 0) is 93.5 Å². The topological polar surface area (TPSA) is 99.0 Å². The Balaban J connectivity index is 1.46. The molecular weight excluding hydrogens is 376 g/mol. The summed E-state index contributed by atoms with van der Waals surface area (Å²) in [4.78, 5) is 2.42. The van der Waals surface area contributed by atoms with Gasteiger partial charge in [0.25, 0.3) is 0 Å². The molecular formula is C24H38N4O2. The van der Waals surface area contributed by atoms with Crippen molar-refractivity contribution in [2.24, 2.45) is 23.4 Å². The largest absolute Gasteiger partial charge is 0.401 e. The van der Waals surface area contributed by atoms with Crippen molar-refractivity contribution in [3.05, 3.63) is 41.2 Å². The standard InChI is InChI=1S/C24H38N4O2/c1-24(30,16-29)20-3-2-10-27(14-20)13-19-8-9-22(12-23(19)18-6-7-18)28(26)15-21(25)11-17-4-5-17/h8-9,12,15,17-18,20,29-30H,2-7,10-11,13-14,16,25-26H2,1H3/b21-15-/t20?,24-/m1/s1. The van der Waals surface area contributed by atoms with Crippen LogP contribution in [-0.4, -0.2) is 40.4 Å². The zero-order valence-electron chi connectivity index (χ0n) is 18.3. The lowest BCUT2D eigenvalue weighted by Crippen LogP contribution is -2.48. The van der Waals surface area contributed by atoms with E-state index in [1.54, 1.807) is 11.9 Å². The molecule has 4 rings (SSSR count). The predicted molar refractivity (Wildman–Crippen MR) is 120 cm³/mol. The molecule has 1 aliphatic heterocycles. The first-order chi connectivity index (χ1) is 14.4. The second kappa shape index (κ2) is 8.87. The molecule has 166 valence electrons. The summed E-state index contributed by atoms with van der Waals surface area (Å²) >= 11 is 0. The summed E-state index contributed by atoms with van der Waals surface area (Å²) in [6.07, 6.45) is 9.88. The fourth-order valence-electron chi connectivity index (χ4n) is 4.70. The number of aliphatic hydroxyl groups is 2. The molecule has 6 heteroatoms. The van der Waals surface area contributed by atoms with Gasteiger partial charge in [-0.25, -0.2) is 5.84 Å². The number of hydrazine groups is 1. The summed E-state index contributed by atoms with van der Waals surface area (Å²) in [6, 6.07) is 6.54. The quantitative estimate of drug-likeness (QED) is 0.366. The van der Waals surface area contributed by atoms with Gasteiger partial charge < -0.3 is 15.9 Å². The van der Waals surface area contributed by atoms with Gasteiger partial charge in [-0.3, -0.25) is 9.91 Å². The molecule has 1 aromatic rings. The molecule has 0 bridgehead atoms. The van der Waals surface area contributed by atoms with Crippen LogP contribution in [0.25, 0.3) is 0 Å². The van der Waals surface area contributed by atoms with Gasteiger partial charge in [0.2, 0.25) is 0 Å². The highest BCUT2D eigenvalue weighted by Crippen LogP contribution is 2.43. The van der Waals surface area contributed by atoms with E-state index in [4.69, 9.17) is 11.6 Å². The number of hydrogen-bond donors (Lipinski definition) is 4. The number of aliphatic hydroxyl groups excluding tert-OH is 1. The Morgan fingerprint density at radius 2 is 2.03 bits per heavy atom. The Bertz CT molecular complexity index is 770. The molecule has 1 saturated heterocycles. The summed E-state index contributed by atoms with van der Waals surface area (Å²) in [7, 11) is 0. The Kier molecular flexibility index (Phi) is 6.39. The van der Waals surface area contributed by atoms with Gasteiger partial charge in [0.1, 0.15) is 0 Å². The first kappa shape index (κ1) is 21.6. The van der Waals surface area contributed by atoms with Crippen LogP contribution in [0, 0.1) is 11.8 Å². The molecule has 30 heavy (non-hydrogen) atoms. The minimum atomic E-state index is -1.01. The average molecular weight is 415 g/mol. The maximum absolute atomic E-state index is 10.5. The van der Waals surface area contributed by atoms with E-state index in [1.165, 1.54) is 36.8 Å². The molecule has 0 aromatic heterocycles. The smallest absolute Gasteiger partial charge is 0.0889 e. The summed E-state index contributed by atoms with van der Waals surface area (Å²) in [6.45, 7) is 4.31. The third-order valence-electron chi connectivity index (χ3n) is 7.07. The van der Waals surface area contributed by atoms with Crippen LogP contribution in [0.3, 0.4) is 0 Å². The van der Waals surface area contributed by atoms with Crippen molar-refractivity contribution >= 4 is 5.69 Å². The first-order valence-electron chi connectivity index (χ1n) is 11.5. The number of likely N-dealkylation sites (tertiary alicyclic amines) is 1. The number of hydrogen-bond acceptors (Lipinski definition) is 6. The van der Waals surface area contributed by atoms with Gasteiger partial charge in [0.15, 0.2) is 0 Å². The molecule has 2 saturated carbocycles. The third-order valence-corrected chi connectivity index (χ3v) is 7.07. The molecule has 1 unspecified atom stereocenters. The normalized spacial score (nSPS) is 25.2. The van der Waals surface area contributed by atoms with E-state index in [0.717, 1.165) is 56.2 Å². The second-order valence-corrected chi connectivity index (χ2v) is 10.0. The second-order valence-electron chi connectivity index (χ2n) is 10.0. The molecule has 3 aliphatic rings. The molecule has 0 amide bonds. The maximum atomic E-state index is 10.5. The number of anilines is 1. The predicted octanol–water partition coefficient (Wildman–Crippen LogP) is 2.80. The molecule has 0 radical (unpaired) electrons. The summed E-state index contributed by atoms with van der Waals surface area (Å²) in [5.41, 5.74) is 9.76. The summed E-state index contributed by atoms with van der Waals surface area (Å²) in [5.74, 6) is 7.80. The van der Waals surface area contributed by atoms with Crippen molar-refractivity contribution in [1.82, 2.24) is 4.90 Å². The number of nitrogens with zero attached hydrogens (tertiary/aromatic N) is 2. The fraction of sp³-hybridized carbons (Fsp3) is 0.667. The number of allylic oxidation sites excluding steroid dienone is 1. The molecule has 3 fully saturated rings. The van der Waals surface area contributed by atoms with Crippen LogP contribution in [0.1, 0.15) is 68.9 Å². The number of benzene rings is 1. The van der Waals surface area contributed by atoms with Crippen molar-refractivity contribution in [3.63, 3.8) is 0 Å². The summed E-state index contributed by atoms with van der Waals surface area (Å²) in [5, 5.41) is 21.7. The van der Waals surface area contributed by atoms with Crippen molar-refractivity contribution in [2.45, 2.75) is 69.9 Å². The Hall–Kier alpha value is -1.60. The zero-order chi connectivity index (χ0) is 21.3. The number of rotatable bonds is 9. The number of nitrogens with two attached hydrogens (primary N) is 2. The Morgan fingerprint density at radius 3 is 2.70 bits per heavy atom. The lowest BCUT2D eigenvalue weighted by molar-refractivity contribution is -0.0697. The molecule has 2 aliphatic carbocycles. The van der Waals surface area contributed by atoms with Crippen molar-refractivity contribution in [1.29, 1.82) is 0 Å².